The van der Waals surface area contributed by atoms with Crippen molar-refractivity contribution in [3.05, 3.63) is 52.5 Å². The summed E-state index contributed by atoms with van der Waals surface area (Å²) in [5, 5.41) is 2.78. The normalized spacial score (nSPS) is 10.1. The highest BCUT2D eigenvalue weighted by Gasteiger charge is 2.09. The molecule has 0 saturated carbocycles. The number of hydrogen-bond donors (Lipinski definition) is 2. The molecule has 0 saturated heterocycles. The summed E-state index contributed by atoms with van der Waals surface area (Å²) in [6.45, 7) is 2.47. The topological polar surface area (TPSA) is 64.3 Å². The predicted octanol–water partition coefficient (Wildman–Crippen LogP) is 3.68. The molecule has 0 radical (unpaired) electrons. The third-order valence-electron chi connectivity index (χ3n) is 2.67. The van der Waals surface area contributed by atoms with E-state index in [0.717, 1.165) is 4.47 Å². The molecule has 0 spiro atoms. The number of carbonyl (C=O) groups is 1. The second kappa shape index (κ2) is 6.43. The van der Waals surface area contributed by atoms with Crippen molar-refractivity contribution in [2.45, 2.75) is 6.92 Å². The van der Waals surface area contributed by atoms with Gasteiger partial charge in [0.25, 0.3) is 5.91 Å². The Morgan fingerprint density at radius 3 is 2.75 bits per heavy atom. The van der Waals surface area contributed by atoms with Gasteiger partial charge >= 0.3 is 0 Å². The van der Waals surface area contributed by atoms with Gasteiger partial charge in [0.05, 0.1) is 18.0 Å². The molecule has 1 amide bonds. The number of halogens is 1. The number of carbonyl (C=O) groups excluding carboxylic acids is 1. The molecule has 0 aromatic heterocycles. The average molecular weight is 335 g/mol. The number of nitrogen functional groups attached to an aromatic ring is 1. The van der Waals surface area contributed by atoms with Crippen LogP contribution in [0.4, 0.5) is 11.4 Å². The Bertz CT molecular complexity index is 629. The SMILES string of the molecule is CCOc1ccc(NC(=O)c2cccc(Br)c2)c(N)c1. The van der Waals surface area contributed by atoms with E-state index in [4.69, 9.17) is 10.5 Å². The number of anilines is 2. The van der Waals surface area contributed by atoms with Crippen molar-refractivity contribution in [2.24, 2.45) is 0 Å². The minimum absolute atomic E-state index is 0.206. The molecule has 0 heterocycles. The Morgan fingerprint density at radius 1 is 1.30 bits per heavy atom. The zero-order valence-electron chi connectivity index (χ0n) is 11.0. The summed E-state index contributed by atoms with van der Waals surface area (Å²) in [6.07, 6.45) is 0. The van der Waals surface area contributed by atoms with Crippen molar-refractivity contribution in [1.29, 1.82) is 0 Å². The first-order valence-electron chi connectivity index (χ1n) is 6.19. The summed E-state index contributed by atoms with van der Waals surface area (Å²) in [5.74, 6) is 0.479. The molecule has 0 atom stereocenters. The van der Waals surface area contributed by atoms with Crippen LogP contribution in [0.1, 0.15) is 17.3 Å². The van der Waals surface area contributed by atoms with Crippen LogP contribution in [0.2, 0.25) is 0 Å². The van der Waals surface area contributed by atoms with Gasteiger partial charge in [0.2, 0.25) is 0 Å². The van der Waals surface area contributed by atoms with Gasteiger partial charge in [-0.05, 0) is 37.3 Å². The zero-order chi connectivity index (χ0) is 14.5. The molecule has 2 aromatic rings. The Kier molecular flexibility index (Phi) is 4.63. The lowest BCUT2D eigenvalue weighted by Gasteiger charge is -2.10. The first-order valence-corrected chi connectivity index (χ1v) is 6.98. The number of benzene rings is 2. The van der Waals surface area contributed by atoms with E-state index in [1.54, 1.807) is 36.4 Å². The highest BCUT2D eigenvalue weighted by molar-refractivity contribution is 9.10. The molecule has 0 aliphatic carbocycles. The van der Waals surface area contributed by atoms with Crippen LogP contribution >= 0.6 is 15.9 Å². The van der Waals surface area contributed by atoms with Gasteiger partial charge in [0.1, 0.15) is 5.75 Å². The molecule has 20 heavy (non-hydrogen) atoms. The standard InChI is InChI=1S/C15H15BrN2O2/c1-2-20-12-6-7-14(13(17)9-12)18-15(19)10-4-3-5-11(16)8-10/h3-9H,2,17H2,1H3,(H,18,19). The summed E-state index contributed by atoms with van der Waals surface area (Å²) in [6, 6.07) is 12.4. The van der Waals surface area contributed by atoms with Gasteiger partial charge < -0.3 is 15.8 Å². The molecule has 0 unspecified atom stereocenters. The Balaban J connectivity index is 2.15. The number of ether oxygens (including phenoxy) is 1. The average Bonchev–Trinajstić information content (AvgIpc) is 2.42. The smallest absolute Gasteiger partial charge is 0.255 e. The van der Waals surface area contributed by atoms with Gasteiger partial charge in [0, 0.05) is 16.1 Å². The maximum absolute atomic E-state index is 12.1. The van der Waals surface area contributed by atoms with Gasteiger partial charge in [-0.1, -0.05) is 22.0 Å². The minimum atomic E-state index is -0.206. The monoisotopic (exact) mass is 334 g/mol. The first kappa shape index (κ1) is 14.4. The van der Waals surface area contributed by atoms with E-state index in [-0.39, 0.29) is 5.91 Å². The molecule has 0 bridgehead atoms. The van der Waals surface area contributed by atoms with Crippen molar-refractivity contribution < 1.29 is 9.53 Å². The van der Waals surface area contributed by atoms with Crippen LogP contribution in [0.5, 0.6) is 5.75 Å². The van der Waals surface area contributed by atoms with Crippen LogP contribution in [0.25, 0.3) is 0 Å². The molecule has 0 fully saturated rings. The highest BCUT2D eigenvalue weighted by atomic mass is 79.9. The lowest BCUT2D eigenvalue weighted by atomic mass is 10.2. The Labute approximate surface area is 126 Å². The zero-order valence-corrected chi connectivity index (χ0v) is 12.6. The third kappa shape index (κ3) is 3.51. The molecule has 2 aromatic carbocycles. The van der Waals surface area contributed by atoms with Crippen LogP contribution in [-0.4, -0.2) is 12.5 Å². The molecular formula is C15H15BrN2O2. The maximum atomic E-state index is 12.1. The van der Waals surface area contributed by atoms with E-state index in [2.05, 4.69) is 21.2 Å². The fraction of sp³-hybridized carbons (Fsp3) is 0.133. The number of nitrogens with two attached hydrogens (primary N) is 1. The molecule has 0 aliphatic heterocycles. The maximum Gasteiger partial charge on any atom is 0.255 e. The van der Waals surface area contributed by atoms with E-state index in [9.17, 15) is 4.79 Å². The molecule has 2 rings (SSSR count). The minimum Gasteiger partial charge on any atom is -0.494 e. The van der Waals surface area contributed by atoms with Crippen LogP contribution < -0.4 is 15.8 Å². The van der Waals surface area contributed by atoms with Crippen LogP contribution in [0.3, 0.4) is 0 Å². The molecular weight excluding hydrogens is 320 g/mol. The summed E-state index contributed by atoms with van der Waals surface area (Å²) < 4.78 is 6.20. The second-order valence-electron chi connectivity index (χ2n) is 4.15. The Hall–Kier alpha value is -2.01. The molecule has 3 N–H and O–H groups in total. The van der Waals surface area contributed by atoms with Gasteiger partial charge in [-0.2, -0.15) is 0 Å². The largest absolute Gasteiger partial charge is 0.494 e. The van der Waals surface area contributed by atoms with Crippen molar-refractivity contribution in [2.75, 3.05) is 17.7 Å². The quantitative estimate of drug-likeness (QED) is 0.838. The highest BCUT2D eigenvalue weighted by Crippen LogP contribution is 2.25. The summed E-state index contributed by atoms with van der Waals surface area (Å²) in [7, 11) is 0. The summed E-state index contributed by atoms with van der Waals surface area (Å²) in [5.41, 5.74) is 7.51. The Morgan fingerprint density at radius 2 is 2.10 bits per heavy atom. The van der Waals surface area contributed by atoms with Crippen molar-refractivity contribution >= 4 is 33.2 Å². The van der Waals surface area contributed by atoms with E-state index >= 15 is 0 Å². The van der Waals surface area contributed by atoms with Gasteiger partial charge in [-0.25, -0.2) is 0 Å². The fourth-order valence-electron chi connectivity index (χ4n) is 1.74. The van der Waals surface area contributed by atoms with Crippen LogP contribution in [0, 0.1) is 0 Å². The van der Waals surface area contributed by atoms with Crippen LogP contribution in [0.15, 0.2) is 46.9 Å². The first-order chi connectivity index (χ1) is 9.60. The van der Waals surface area contributed by atoms with Gasteiger partial charge in [-0.3, -0.25) is 4.79 Å². The van der Waals surface area contributed by atoms with Crippen molar-refractivity contribution in [1.82, 2.24) is 0 Å². The van der Waals surface area contributed by atoms with E-state index < -0.39 is 0 Å². The van der Waals surface area contributed by atoms with E-state index in [1.807, 2.05) is 13.0 Å². The lowest BCUT2D eigenvalue weighted by Crippen LogP contribution is -2.13. The summed E-state index contributed by atoms with van der Waals surface area (Å²) in [4.78, 5) is 12.1. The van der Waals surface area contributed by atoms with Gasteiger partial charge in [0.15, 0.2) is 0 Å². The van der Waals surface area contributed by atoms with Crippen molar-refractivity contribution in [3.8, 4) is 5.75 Å². The molecule has 5 heteroatoms. The van der Waals surface area contributed by atoms with E-state index in [0.29, 0.717) is 29.3 Å². The van der Waals surface area contributed by atoms with Gasteiger partial charge in [-0.15, -0.1) is 0 Å². The molecule has 4 nitrogen and oxygen atoms in total. The number of hydrogen-bond acceptors (Lipinski definition) is 3. The predicted molar refractivity (Wildman–Crippen MR) is 84.1 cm³/mol. The number of amides is 1. The third-order valence-corrected chi connectivity index (χ3v) is 3.16. The fourth-order valence-corrected chi connectivity index (χ4v) is 2.13. The van der Waals surface area contributed by atoms with Crippen LogP contribution in [-0.2, 0) is 0 Å². The molecule has 104 valence electrons. The lowest BCUT2D eigenvalue weighted by molar-refractivity contribution is 0.102. The van der Waals surface area contributed by atoms with Crippen molar-refractivity contribution in [3.63, 3.8) is 0 Å². The second-order valence-corrected chi connectivity index (χ2v) is 5.06. The number of nitrogens with one attached hydrogen (secondary N) is 1. The number of rotatable bonds is 4. The summed E-state index contributed by atoms with van der Waals surface area (Å²) >= 11 is 3.34. The van der Waals surface area contributed by atoms with E-state index in [1.165, 1.54) is 0 Å². The molecule has 0 aliphatic rings.